The molecule has 0 saturated heterocycles. The van der Waals surface area contributed by atoms with Gasteiger partial charge in [-0.2, -0.15) is 4.21 Å². The zero-order valence-corrected chi connectivity index (χ0v) is 14.4. The van der Waals surface area contributed by atoms with Crippen LogP contribution in [0.3, 0.4) is 0 Å². The maximum atomic E-state index is 11.3. The first-order chi connectivity index (χ1) is 8.42. The molecule has 110 valence electrons. The third-order valence-corrected chi connectivity index (χ3v) is 4.74. The van der Waals surface area contributed by atoms with Gasteiger partial charge in [0.1, 0.15) is 9.67 Å². The molecule has 0 fully saturated rings. The summed E-state index contributed by atoms with van der Waals surface area (Å²) in [6, 6.07) is 0. The van der Waals surface area contributed by atoms with Gasteiger partial charge in [-0.15, -0.1) is 69.6 Å². The third-order valence-electron chi connectivity index (χ3n) is 1.87. The van der Waals surface area contributed by atoms with E-state index in [1.165, 1.54) is 0 Å². The van der Waals surface area contributed by atoms with Crippen molar-refractivity contribution in [3.8, 4) is 0 Å². The summed E-state index contributed by atoms with van der Waals surface area (Å²) in [6.07, 6.45) is 0. The van der Waals surface area contributed by atoms with Crippen molar-refractivity contribution in [2.75, 3.05) is 25.0 Å². The normalized spacial score (nSPS) is 17.1. The van der Waals surface area contributed by atoms with E-state index in [2.05, 4.69) is 0 Å². The zero-order valence-electron chi connectivity index (χ0n) is 9.04. The van der Waals surface area contributed by atoms with Crippen molar-refractivity contribution in [3.63, 3.8) is 0 Å². The average molecular weight is 401 g/mol. The molecule has 0 aliphatic rings. The summed E-state index contributed by atoms with van der Waals surface area (Å²) < 4.78 is 21.1. The Kier molecular flexibility index (Phi) is 12.6. The zero-order chi connectivity index (χ0) is 14.1. The quantitative estimate of drug-likeness (QED) is 0.521. The molecule has 0 aliphatic carbocycles. The Morgan fingerprint density at radius 2 is 1.17 bits per heavy atom. The van der Waals surface area contributed by atoms with Crippen molar-refractivity contribution in [3.05, 3.63) is 0 Å². The molecule has 0 rings (SSSR count). The predicted molar refractivity (Wildman–Crippen MR) is 79.5 cm³/mol. The van der Waals surface area contributed by atoms with Gasteiger partial charge in [0.25, 0.3) is 0 Å². The van der Waals surface area contributed by atoms with Gasteiger partial charge < -0.3 is 0 Å². The summed E-state index contributed by atoms with van der Waals surface area (Å²) in [6.45, 7) is 0.0367. The second-order valence-corrected chi connectivity index (χ2v) is 7.10. The molecule has 10 heteroatoms. The lowest BCUT2D eigenvalue weighted by Crippen LogP contribution is -2.22. The standard InChI is InChI=1S/C8H12Cl6O3S/c9-1-5(7(11)12)3-16-18(15)17-4-6(2-10)8(13)14/h5-8H,1-4H2. The molecule has 0 saturated carbocycles. The Balaban J connectivity index is 3.90. The maximum absolute atomic E-state index is 11.3. The molecule has 0 N–H and O–H groups in total. The van der Waals surface area contributed by atoms with Crippen molar-refractivity contribution >= 4 is 81.0 Å². The third kappa shape index (κ3) is 8.88. The molecule has 0 aliphatic heterocycles. The molecular formula is C8H12Cl6O3S. The average Bonchev–Trinajstić information content (AvgIpc) is 2.29. The lowest BCUT2D eigenvalue weighted by Gasteiger charge is -2.16. The monoisotopic (exact) mass is 398 g/mol. The second kappa shape index (κ2) is 11.5. The first-order valence-corrected chi connectivity index (χ1v) is 8.60. The molecular weight excluding hydrogens is 389 g/mol. The molecule has 0 bridgehead atoms. The minimum Gasteiger partial charge on any atom is -0.268 e. The molecule has 2 atom stereocenters. The van der Waals surface area contributed by atoms with Crippen LogP contribution in [-0.2, 0) is 19.7 Å². The Morgan fingerprint density at radius 3 is 1.39 bits per heavy atom. The van der Waals surface area contributed by atoms with Gasteiger partial charge in [0.15, 0.2) is 0 Å². The van der Waals surface area contributed by atoms with E-state index in [0.717, 1.165) is 0 Å². The Bertz CT molecular complexity index is 221. The first-order valence-electron chi connectivity index (χ1n) is 4.78. The topological polar surface area (TPSA) is 35.5 Å². The van der Waals surface area contributed by atoms with Crippen LogP contribution >= 0.6 is 69.6 Å². The van der Waals surface area contributed by atoms with E-state index < -0.39 is 21.0 Å². The van der Waals surface area contributed by atoms with Gasteiger partial charge in [-0.3, -0.25) is 8.37 Å². The van der Waals surface area contributed by atoms with Crippen molar-refractivity contribution in [1.82, 2.24) is 0 Å². The minimum atomic E-state index is -1.95. The smallest absolute Gasteiger partial charge is 0.268 e. The largest absolute Gasteiger partial charge is 0.304 e. The van der Waals surface area contributed by atoms with E-state index in [9.17, 15) is 4.21 Å². The van der Waals surface area contributed by atoms with E-state index in [0.29, 0.717) is 0 Å². The molecule has 2 unspecified atom stereocenters. The van der Waals surface area contributed by atoms with Crippen LogP contribution < -0.4 is 0 Å². The second-order valence-electron chi connectivity index (χ2n) is 3.27. The minimum absolute atomic E-state index is 0.0184. The maximum Gasteiger partial charge on any atom is 0.304 e. The predicted octanol–water partition coefficient (Wildman–Crippen LogP) is 3.92. The van der Waals surface area contributed by atoms with Gasteiger partial charge in [-0.1, -0.05) is 0 Å². The van der Waals surface area contributed by atoms with Crippen molar-refractivity contribution in [1.29, 1.82) is 0 Å². The molecule has 0 amide bonds. The van der Waals surface area contributed by atoms with Gasteiger partial charge in [0.05, 0.1) is 13.2 Å². The molecule has 0 aromatic heterocycles. The molecule has 0 aromatic rings. The fourth-order valence-corrected chi connectivity index (χ4v) is 2.88. The fourth-order valence-electron chi connectivity index (χ4n) is 0.689. The Labute approximate surface area is 139 Å². The lowest BCUT2D eigenvalue weighted by atomic mass is 10.2. The van der Waals surface area contributed by atoms with Gasteiger partial charge in [0, 0.05) is 23.6 Å². The van der Waals surface area contributed by atoms with Gasteiger partial charge in [-0.05, 0) is 0 Å². The van der Waals surface area contributed by atoms with E-state index in [4.69, 9.17) is 78.0 Å². The van der Waals surface area contributed by atoms with Crippen LogP contribution in [-0.4, -0.2) is 38.9 Å². The van der Waals surface area contributed by atoms with Crippen molar-refractivity contribution < 1.29 is 12.6 Å². The number of hydrogen-bond donors (Lipinski definition) is 0. The summed E-state index contributed by atoms with van der Waals surface area (Å²) in [5, 5.41) is 0. The highest BCUT2D eigenvalue weighted by molar-refractivity contribution is 7.75. The van der Waals surface area contributed by atoms with E-state index in [-0.39, 0.29) is 36.8 Å². The highest BCUT2D eigenvalue weighted by Gasteiger charge is 2.20. The number of rotatable bonds is 10. The molecule has 18 heavy (non-hydrogen) atoms. The summed E-state index contributed by atoms with van der Waals surface area (Å²) in [4.78, 5) is -1.41. The van der Waals surface area contributed by atoms with Crippen LogP contribution in [0.4, 0.5) is 0 Å². The van der Waals surface area contributed by atoms with Crippen molar-refractivity contribution in [2.24, 2.45) is 11.8 Å². The number of hydrogen-bond acceptors (Lipinski definition) is 3. The molecule has 3 nitrogen and oxygen atoms in total. The number of alkyl halides is 6. The fraction of sp³-hybridized carbons (Fsp3) is 1.00. The van der Waals surface area contributed by atoms with E-state index in [1.54, 1.807) is 0 Å². The summed E-state index contributed by atoms with van der Waals surface area (Å²) >= 11 is 31.8. The summed E-state index contributed by atoms with van der Waals surface area (Å²) in [5.74, 6) is -0.296. The molecule has 0 aromatic carbocycles. The SMILES string of the molecule is O=S(OCC(CCl)C(Cl)Cl)OCC(CCl)C(Cl)Cl. The van der Waals surface area contributed by atoms with Crippen LogP contribution in [0.25, 0.3) is 0 Å². The van der Waals surface area contributed by atoms with Gasteiger partial charge in [-0.25, -0.2) is 0 Å². The van der Waals surface area contributed by atoms with Crippen molar-refractivity contribution in [2.45, 2.75) is 9.67 Å². The number of halogens is 6. The Hall–Kier alpha value is 1.81. The van der Waals surface area contributed by atoms with Crippen LogP contribution in [0.1, 0.15) is 0 Å². The Morgan fingerprint density at radius 1 is 0.833 bits per heavy atom. The van der Waals surface area contributed by atoms with Gasteiger partial charge >= 0.3 is 11.4 Å². The highest BCUT2D eigenvalue weighted by Crippen LogP contribution is 2.19. The summed E-state index contributed by atoms with van der Waals surface area (Å²) in [5.41, 5.74) is 0. The summed E-state index contributed by atoms with van der Waals surface area (Å²) in [7, 11) is 0. The van der Waals surface area contributed by atoms with Crippen LogP contribution in [0.5, 0.6) is 0 Å². The van der Waals surface area contributed by atoms with Crippen LogP contribution in [0.15, 0.2) is 0 Å². The van der Waals surface area contributed by atoms with Crippen LogP contribution in [0, 0.1) is 11.8 Å². The molecule has 0 heterocycles. The molecule has 0 spiro atoms. The first kappa shape index (κ1) is 19.8. The van der Waals surface area contributed by atoms with Crippen LogP contribution in [0.2, 0.25) is 0 Å². The molecule has 0 radical (unpaired) electrons. The lowest BCUT2D eigenvalue weighted by molar-refractivity contribution is 0.211. The van der Waals surface area contributed by atoms with E-state index in [1.807, 2.05) is 0 Å². The van der Waals surface area contributed by atoms with Gasteiger partial charge in [0.2, 0.25) is 0 Å². The van der Waals surface area contributed by atoms with E-state index >= 15 is 0 Å². The highest BCUT2D eigenvalue weighted by atomic mass is 35.5.